The molecule has 2 aromatic heterocycles. The van der Waals surface area contributed by atoms with E-state index in [0.717, 1.165) is 51.3 Å². The lowest BCUT2D eigenvalue weighted by molar-refractivity contribution is -0.105. The van der Waals surface area contributed by atoms with Crippen LogP contribution in [0.1, 0.15) is 5.56 Å². The molecule has 0 spiro atoms. The van der Waals surface area contributed by atoms with Crippen molar-refractivity contribution in [1.29, 1.82) is 0 Å². The Labute approximate surface area is 192 Å². The molecular weight excluding hydrogens is 424 g/mol. The first-order valence-corrected chi connectivity index (χ1v) is 10.7. The molecule has 0 aliphatic carbocycles. The highest BCUT2D eigenvalue weighted by Gasteiger charge is 2.19. The number of nitrogens with one attached hydrogen (secondary N) is 2. The van der Waals surface area contributed by atoms with Gasteiger partial charge in [-0.15, -0.1) is 0 Å². The molecule has 0 aliphatic heterocycles. The third-order valence-electron chi connectivity index (χ3n) is 5.33. The highest BCUT2D eigenvalue weighted by molar-refractivity contribution is 6.36. The average molecular weight is 449 g/mol. The molecule has 0 saturated heterocycles. The van der Waals surface area contributed by atoms with Crippen molar-refractivity contribution < 1.29 is 9.53 Å². The molecular formula is C25H25ClN4O2. The molecule has 6 nitrogen and oxygen atoms in total. The van der Waals surface area contributed by atoms with E-state index in [9.17, 15) is 4.79 Å². The minimum atomic E-state index is 0.613. The van der Waals surface area contributed by atoms with Crippen LogP contribution in [0, 0.1) is 6.92 Å². The van der Waals surface area contributed by atoms with E-state index in [2.05, 4.69) is 20.2 Å². The Bertz CT molecular complexity index is 1250. The van der Waals surface area contributed by atoms with Crippen molar-refractivity contribution in [3.05, 3.63) is 65.3 Å². The predicted molar refractivity (Wildman–Crippen MR) is 130 cm³/mol. The maximum absolute atomic E-state index is 11.1. The van der Waals surface area contributed by atoms with Gasteiger partial charge in [0.2, 0.25) is 6.41 Å². The number of fused-ring (bicyclic) bond motifs is 1. The Morgan fingerprint density at radius 3 is 2.59 bits per heavy atom. The number of carbonyl (C=O) groups excluding carboxylic acids is 1. The lowest BCUT2D eigenvalue weighted by Crippen LogP contribution is -2.19. The van der Waals surface area contributed by atoms with E-state index in [0.29, 0.717) is 23.7 Å². The summed E-state index contributed by atoms with van der Waals surface area (Å²) in [4.78, 5) is 21.1. The fourth-order valence-corrected chi connectivity index (χ4v) is 3.88. The maximum Gasteiger partial charge on any atom is 0.211 e. The average Bonchev–Trinajstić information content (AvgIpc) is 3.17. The number of pyridine rings is 1. The Hall–Kier alpha value is -3.35. The molecule has 2 N–H and O–H groups in total. The number of carbonyl (C=O) groups is 1. The van der Waals surface area contributed by atoms with E-state index >= 15 is 0 Å². The van der Waals surface area contributed by atoms with Gasteiger partial charge in [-0.2, -0.15) is 0 Å². The van der Waals surface area contributed by atoms with Crippen molar-refractivity contribution >= 4 is 34.7 Å². The Kier molecular flexibility index (Phi) is 6.44. The van der Waals surface area contributed by atoms with Crippen molar-refractivity contribution in [2.75, 3.05) is 32.6 Å². The predicted octanol–water partition coefficient (Wildman–Crippen LogP) is 5.37. The lowest BCUT2D eigenvalue weighted by Gasteiger charge is -2.12. The second kappa shape index (κ2) is 9.42. The van der Waals surface area contributed by atoms with Crippen LogP contribution in [0.3, 0.4) is 0 Å². The highest BCUT2D eigenvalue weighted by Crippen LogP contribution is 2.42. The summed E-state index contributed by atoms with van der Waals surface area (Å²) in [5.41, 5.74) is 6.20. The molecule has 4 aromatic rings. The summed E-state index contributed by atoms with van der Waals surface area (Å²) in [6.45, 7) is 3.43. The van der Waals surface area contributed by atoms with E-state index in [1.54, 1.807) is 12.3 Å². The summed E-state index contributed by atoms with van der Waals surface area (Å²) in [5.74, 6) is 0.817. The molecule has 1 amide bonds. The molecule has 0 aliphatic rings. The van der Waals surface area contributed by atoms with E-state index in [-0.39, 0.29) is 0 Å². The molecule has 0 fully saturated rings. The number of H-pyrrole nitrogens is 1. The smallest absolute Gasteiger partial charge is 0.211 e. The minimum Gasteiger partial charge on any atom is -0.492 e. The summed E-state index contributed by atoms with van der Waals surface area (Å²) < 4.78 is 5.83. The van der Waals surface area contributed by atoms with Crippen molar-refractivity contribution in [1.82, 2.24) is 14.9 Å². The molecule has 2 aromatic carbocycles. The number of aromatic amines is 1. The zero-order chi connectivity index (χ0) is 22.7. The van der Waals surface area contributed by atoms with Gasteiger partial charge >= 0.3 is 0 Å². The number of amides is 1. The fraction of sp³-hybridized carbons (Fsp3) is 0.200. The summed E-state index contributed by atoms with van der Waals surface area (Å²) in [5, 5.41) is 4.23. The van der Waals surface area contributed by atoms with Crippen LogP contribution < -0.4 is 10.1 Å². The number of benzene rings is 2. The van der Waals surface area contributed by atoms with Gasteiger partial charge in [-0.1, -0.05) is 23.7 Å². The van der Waals surface area contributed by atoms with Gasteiger partial charge in [-0.25, -0.2) is 4.98 Å². The van der Waals surface area contributed by atoms with Crippen LogP contribution in [0.4, 0.5) is 5.69 Å². The number of anilines is 1. The number of halogens is 1. The molecule has 0 unspecified atom stereocenters. The van der Waals surface area contributed by atoms with Gasteiger partial charge in [0, 0.05) is 29.4 Å². The van der Waals surface area contributed by atoms with Crippen LogP contribution in [0.25, 0.3) is 33.4 Å². The van der Waals surface area contributed by atoms with Crippen LogP contribution in [0.5, 0.6) is 5.75 Å². The van der Waals surface area contributed by atoms with E-state index < -0.39 is 0 Å². The van der Waals surface area contributed by atoms with Crippen molar-refractivity contribution in [3.8, 4) is 28.1 Å². The summed E-state index contributed by atoms with van der Waals surface area (Å²) >= 11 is 6.60. The summed E-state index contributed by atoms with van der Waals surface area (Å²) in [6.07, 6.45) is 2.37. The molecule has 164 valence electrons. The Morgan fingerprint density at radius 2 is 1.88 bits per heavy atom. The SMILES string of the molecule is Cc1ccc(-c2c(-c3ccc(OCCN(C)C)cc3)[nH]c3nccc(Cl)c23)cc1NC=O. The monoisotopic (exact) mass is 448 g/mol. The zero-order valence-electron chi connectivity index (χ0n) is 18.3. The van der Waals surface area contributed by atoms with Gasteiger partial charge in [-0.3, -0.25) is 4.79 Å². The lowest BCUT2D eigenvalue weighted by atomic mass is 9.97. The molecule has 4 rings (SSSR count). The van der Waals surface area contributed by atoms with Gasteiger partial charge in [0.05, 0.1) is 10.7 Å². The van der Waals surface area contributed by atoms with Gasteiger partial charge in [-0.05, 0) is 74.1 Å². The summed E-state index contributed by atoms with van der Waals surface area (Å²) in [7, 11) is 4.04. The van der Waals surface area contributed by atoms with Crippen molar-refractivity contribution in [3.63, 3.8) is 0 Å². The van der Waals surface area contributed by atoms with Gasteiger partial charge < -0.3 is 19.9 Å². The largest absolute Gasteiger partial charge is 0.492 e. The van der Waals surface area contributed by atoms with Crippen LogP contribution in [-0.4, -0.2) is 48.5 Å². The number of ether oxygens (including phenoxy) is 1. The minimum absolute atomic E-state index is 0.613. The highest BCUT2D eigenvalue weighted by atomic mass is 35.5. The first kappa shape index (κ1) is 21.9. The normalized spacial score (nSPS) is 11.2. The van der Waals surface area contributed by atoms with Crippen molar-refractivity contribution in [2.24, 2.45) is 0 Å². The number of aryl methyl sites for hydroxylation is 1. The van der Waals surface area contributed by atoms with Gasteiger partial charge in [0.25, 0.3) is 0 Å². The molecule has 32 heavy (non-hydrogen) atoms. The van der Waals surface area contributed by atoms with E-state index in [1.165, 1.54) is 0 Å². The standard InChI is InChI=1S/C25H25ClN4O2/c1-16-4-5-18(14-21(16)28-15-31)22-23-20(26)10-11-27-25(23)29-24(22)17-6-8-19(9-7-17)32-13-12-30(2)3/h4-11,14-15H,12-13H2,1-3H3,(H,27,29)(H,28,31). The van der Waals surface area contributed by atoms with Crippen LogP contribution in [-0.2, 0) is 4.79 Å². The third kappa shape index (κ3) is 4.47. The number of nitrogens with zero attached hydrogens (tertiary/aromatic N) is 2. The number of hydrogen-bond donors (Lipinski definition) is 2. The molecule has 0 atom stereocenters. The third-order valence-corrected chi connectivity index (χ3v) is 5.65. The van der Waals surface area contributed by atoms with Crippen LogP contribution in [0.15, 0.2) is 54.7 Å². The maximum atomic E-state index is 11.1. The zero-order valence-corrected chi connectivity index (χ0v) is 19.0. The fourth-order valence-electron chi connectivity index (χ4n) is 3.64. The molecule has 0 radical (unpaired) electrons. The second-order valence-electron chi connectivity index (χ2n) is 7.86. The van der Waals surface area contributed by atoms with E-state index in [4.69, 9.17) is 16.3 Å². The van der Waals surface area contributed by atoms with Gasteiger partial charge in [0.15, 0.2) is 0 Å². The summed E-state index contributed by atoms with van der Waals surface area (Å²) in [6, 6.07) is 15.7. The Morgan fingerprint density at radius 1 is 1.12 bits per heavy atom. The number of aromatic nitrogens is 2. The quantitative estimate of drug-likeness (QED) is 0.355. The molecule has 7 heteroatoms. The molecule has 0 saturated carbocycles. The topological polar surface area (TPSA) is 70.2 Å². The van der Waals surface area contributed by atoms with Crippen LogP contribution in [0.2, 0.25) is 5.02 Å². The first-order chi connectivity index (χ1) is 15.5. The second-order valence-corrected chi connectivity index (χ2v) is 8.27. The molecule has 0 bridgehead atoms. The first-order valence-electron chi connectivity index (χ1n) is 10.3. The molecule has 2 heterocycles. The number of rotatable bonds is 8. The number of hydrogen-bond acceptors (Lipinski definition) is 4. The van der Waals surface area contributed by atoms with E-state index in [1.807, 2.05) is 63.5 Å². The van der Waals surface area contributed by atoms with Crippen LogP contribution >= 0.6 is 11.6 Å². The Balaban J connectivity index is 1.80. The number of likely N-dealkylation sites (N-methyl/N-ethyl adjacent to an activating group) is 1. The van der Waals surface area contributed by atoms with Gasteiger partial charge in [0.1, 0.15) is 18.0 Å². The van der Waals surface area contributed by atoms with Crippen molar-refractivity contribution in [2.45, 2.75) is 6.92 Å².